The molecule has 1 aliphatic heterocycles. The Bertz CT molecular complexity index is 239. The molecule has 0 aromatic rings. The summed E-state index contributed by atoms with van der Waals surface area (Å²) in [6.07, 6.45) is 3.31. The maximum atomic E-state index is 11.3. The second-order valence-electron chi connectivity index (χ2n) is 3.69. The quantitative estimate of drug-likeness (QED) is 0.626. The van der Waals surface area contributed by atoms with Crippen molar-refractivity contribution in [3.05, 3.63) is 0 Å². The first kappa shape index (κ1) is 11.8. The average molecular weight is 215 g/mol. The van der Waals surface area contributed by atoms with Gasteiger partial charge in [0.05, 0.1) is 0 Å². The molecule has 1 saturated heterocycles. The monoisotopic (exact) mass is 215 g/mol. The van der Waals surface area contributed by atoms with Crippen LogP contribution < -0.4 is 10.7 Å². The van der Waals surface area contributed by atoms with Gasteiger partial charge in [-0.25, -0.2) is 9.80 Å². The number of nitrogens with one attached hydrogen (secondary N) is 2. The third kappa shape index (κ3) is 4.16. The van der Waals surface area contributed by atoms with Gasteiger partial charge in [-0.3, -0.25) is 10.2 Å². The molecule has 1 fully saturated rings. The first-order valence-electron chi connectivity index (χ1n) is 5.14. The summed E-state index contributed by atoms with van der Waals surface area (Å²) < 4.78 is 0. The first-order chi connectivity index (χ1) is 7.09. The van der Waals surface area contributed by atoms with Crippen LogP contribution in [0.4, 0.5) is 4.79 Å². The molecule has 1 rings (SSSR count). The Labute approximate surface area is 88.6 Å². The molecule has 0 aliphatic carbocycles. The fourth-order valence-electron chi connectivity index (χ4n) is 1.44. The Morgan fingerprint density at radius 1 is 1.27 bits per heavy atom. The fourth-order valence-corrected chi connectivity index (χ4v) is 1.44. The molecule has 0 aromatic heterocycles. The molecule has 1 aliphatic rings. The summed E-state index contributed by atoms with van der Waals surface area (Å²) in [5.41, 5.74) is 2.62. The number of urea groups is 1. The van der Waals surface area contributed by atoms with Gasteiger partial charge in [0.25, 0.3) is 0 Å². The third-order valence-electron chi connectivity index (χ3n) is 2.33. The lowest BCUT2D eigenvalue weighted by atomic mass is 10.2. The van der Waals surface area contributed by atoms with Gasteiger partial charge in [0, 0.05) is 13.1 Å². The van der Waals surface area contributed by atoms with Crippen LogP contribution in [0.5, 0.6) is 0 Å². The molecule has 2 amide bonds. The van der Waals surface area contributed by atoms with Gasteiger partial charge in [-0.15, -0.1) is 0 Å². The minimum Gasteiger partial charge on any atom is -0.480 e. The number of nitrogens with zero attached hydrogens (tertiary/aromatic N) is 1. The Kier molecular flexibility index (Phi) is 4.36. The van der Waals surface area contributed by atoms with Crippen LogP contribution in [0.15, 0.2) is 0 Å². The van der Waals surface area contributed by atoms with E-state index in [4.69, 9.17) is 5.11 Å². The summed E-state index contributed by atoms with van der Waals surface area (Å²) in [5.74, 6) is -1.04. The van der Waals surface area contributed by atoms with Gasteiger partial charge in [0.2, 0.25) is 0 Å². The van der Waals surface area contributed by atoms with Crippen molar-refractivity contribution in [2.45, 2.75) is 32.2 Å². The smallest absolute Gasteiger partial charge is 0.330 e. The Morgan fingerprint density at radius 2 is 1.87 bits per heavy atom. The summed E-state index contributed by atoms with van der Waals surface area (Å²) in [7, 11) is 0. The maximum Gasteiger partial charge on any atom is 0.330 e. The van der Waals surface area contributed by atoms with Crippen molar-refractivity contribution in [3.63, 3.8) is 0 Å². The number of aliphatic carboxylic acids is 1. The highest BCUT2D eigenvalue weighted by Gasteiger charge is 2.16. The van der Waals surface area contributed by atoms with Gasteiger partial charge in [0.15, 0.2) is 0 Å². The summed E-state index contributed by atoms with van der Waals surface area (Å²) in [6.45, 7) is 3.09. The molecule has 1 heterocycles. The predicted molar refractivity (Wildman–Crippen MR) is 54.2 cm³/mol. The van der Waals surface area contributed by atoms with Gasteiger partial charge in [0.1, 0.15) is 6.04 Å². The van der Waals surface area contributed by atoms with Gasteiger partial charge in [-0.05, 0) is 19.8 Å². The first-order valence-corrected chi connectivity index (χ1v) is 5.14. The number of piperidine rings is 1. The third-order valence-corrected chi connectivity index (χ3v) is 2.33. The number of carbonyl (C=O) groups is 2. The van der Waals surface area contributed by atoms with E-state index in [0.29, 0.717) is 0 Å². The van der Waals surface area contributed by atoms with Crippen LogP contribution in [0, 0.1) is 0 Å². The lowest BCUT2D eigenvalue weighted by molar-refractivity contribution is -0.138. The molecule has 0 spiro atoms. The normalized spacial score (nSPS) is 19.3. The van der Waals surface area contributed by atoms with Crippen molar-refractivity contribution in [3.8, 4) is 0 Å². The largest absolute Gasteiger partial charge is 0.480 e. The Morgan fingerprint density at radius 3 is 2.40 bits per heavy atom. The van der Waals surface area contributed by atoms with Crippen LogP contribution in [0.25, 0.3) is 0 Å². The molecule has 3 N–H and O–H groups in total. The number of hydrogen-bond donors (Lipinski definition) is 3. The maximum absolute atomic E-state index is 11.3. The molecule has 0 bridgehead atoms. The lowest BCUT2D eigenvalue weighted by Crippen LogP contribution is -2.52. The molecule has 0 aromatic carbocycles. The van der Waals surface area contributed by atoms with Crippen molar-refractivity contribution in [2.75, 3.05) is 13.1 Å². The highest BCUT2D eigenvalue weighted by molar-refractivity contribution is 5.81. The van der Waals surface area contributed by atoms with Gasteiger partial charge < -0.3 is 10.4 Å². The van der Waals surface area contributed by atoms with E-state index >= 15 is 0 Å². The van der Waals surface area contributed by atoms with Crippen molar-refractivity contribution < 1.29 is 14.7 Å². The molecule has 15 heavy (non-hydrogen) atoms. The molecule has 0 radical (unpaired) electrons. The number of amides is 2. The number of hydrogen-bond acceptors (Lipinski definition) is 3. The number of carboxylic acids is 1. The van der Waals surface area contributed by atoms with E-state index in [1.165, 1.54) is 13.3 Å². The number of hydrazine groups is 1. The molecule has 1 atom stereocenters. The highest BCUT2D eigenvalue weighted by Crippen LogP contribution is 2.05. The van der Waals surface area contributed by atoms with E-state index in [0.717, 1.165) is 25.9 Å². The molecule has 0 saturated carbocycles. The second kappa shape index (κ2) is 5.55. The van der Waals surface area contributed by atoms with Gasteiger partial charge in [-0.1, -0.05) is 6.42 Å². The molecule has 86 valence electrons. The predicted octanol–water partition coefficient (Wildman–Crippen LogP) is 0.160. The van der Waals surface area contributed by atoms with Crippen LogP contribution in [0.3, 0.4) is 0 Å². The average Bonchev–Trinajstić information content (AvgIpc) is 2.18. The fraction of sp³-hybridized carbons (Fsp3) is 0.778. The zero-order chi connectivity index (χ0) is 11.3. The minimum atomic E-state index is -1.04. The summed E-state index contributed by atoms with van der Waals surface area (Å²) in [5, 5.41) is 12.7. The topological polar surface area (TPSA) is 81.7 Å². The van der Waals surface area contributed by atoms with Crippen LogP contribution in [-0.4, -0.2) is 41.2 Å². The van der Waals surface area contributed by atoms with Crippen LogP contribution in [-0.2, 0) is 4.79 Å². The number of rotatable bonds is 3. The van der Waals surface area contributed by atoms with Crippen molar-refractivity contribution in [2.24, 2.45) is 0 Å². The second-order valence-corrected chi connectivity index (χ2v) is 3.69. The van der Waals surface area contributed by atoms with Crippen molar-refractivity contribution >= 4 is 12.0 Å². The van der Waals surface area contributed by atoms with E-state index in [1.54, 1.807) is 0 Å². The molecule has 6 heteroatoms. The van der Waals surface area contributed by atoms with E-state index < -0.39 is 18.0 Å². The molecular weight excluding hydrogens is 198 g/mol. The zero-order valence-electron chi connectivity index (χ0n) is 8.82. The van der Waals surface area contributed by atoms with E-state index in [2.05, 4.69) is 10.7 Å². The van der Waals surface area contributed by atoms with E-state index in [9.17, 15) is 9.59 Å². The number of carbonyl (C=O) groups excluding carboxylic acids is 1. The summed E-state index contributed by atoms with van der Waals surface area (Å²) in [6, 6.07) is -1.32. The van der Waals surface area contributed by atoms with Crippen LogP contribution >= 0.6 is 0 Å². The SMILES string of the molecule is C[C@@H](NC(=O)NN1CCCCC1)C(=O)O. The van der Waals surface area contributed by atoms with Crippen LogP contribution in [0.1, 0.15) is 26.2 Å². The van der Waals surface area contributed by atoms with Crippen LogP contribution in [0.2, 0.25) is 0 Å². The van der Waals surface area contributed by atoms with Gasteiger partial charge in [-0.2, -0.15) is 0 Å². The van der Waals surface area contributed by atoms with E-state index in [1.807, 2.05) is 5.01 Å². The molecule has 0 unspecified atom stereocenters. The molecular formula is C9H17N3O3. The Balaban J connectivity index is 2.25. The Hall–Kier alpha value is -1.30. The molecule has 6 nitrogen and oxygen atoms in total. The standard InChI is InChI=1S/C9H17N3O3/c1-7(8(13)14)10-9(15)11-12-5-3-2-4-6-12/h7H,2-6H2,1H3,(H,13,14)(H2,10,11,15)/t7-/m1/s1. The van der Waals surface area contributed by atoms with Crippen molar-refractivity contribution in [1.82, 2.24) is 15.8 Å². The minimum absolute atomic E-state index is 0.452. The zero-order valence-corrected chi connectivity index (χ0v) is 8.82. The summed E-state index contributed by atoms with van der Waals surface area (Å²) >= 11 is 0. The number of carboxylic acid groups (broad SMARTS) is 1. The summed E-state index contributed by atoms with van der Waals surface area (Å²) in [4.78, 5) is 21.8. The highest BCUT2D eigenvalue weighted by atomic mass is 16.4. The lowest BCUT2D eigenvalue weighted by Gasteiger charge is -2.27. The van der Waals surface area contributed by atoms with Gasteiger partial charge >= 0.3 is 12.0 Å². The van der Waals surface area contributed by atoms with Crippen molar-refractivity contribution in [1.29, 1.82) is 0 Å². The van der Waals surface area contributed by atoms with E-state index in [-0.39, 0.29) is 0 Å².